The van der Waals surface area contributed by atoms with Crippen LogP contribution < -0.4 is 10.6 Å². The van der Waals surface area contributed by atoms with E-state index in [0.29, 0.717) is 22.8 Å². The van der Waals surface area contributed by atoms with Gasteiger partial charge < -0.3 is 15.6 Å². The molecule has 32 heavy (non-hydrogen) atoms. The molecule has 7 nitrogen and oxygen atoms in total. The number of rotatable bonds is 7. The zero-order valence-corrected chi connectivity index (χ0v) is 18.9. The summed E-state index contributed by atoms with van der Waals surface area (Å²) in [7, 11) is 0. The van der Waals surface area contributed by atoms with Crippen molar-refractivity contribution in [1.82, 2.24) is 15.3 Å². The van der Waals surface area contributed by atoms with Gasteiger partial charge in [-0.15, -0.1) is 0 Å². The van der Waals surface area contributed by atoms with Crippen molar-refractivity contribution >= 4 is 34.9 Å². The predicted octanol–water partition coefficient (Wildman–Crippen LogP) is 4.52. The number of halogens is 1. The Bertz CT molecular complexity index is 1130. The number of benzene rings is 2. The van der Waals surface area contributed by atoms with E-state index in [1.54, 1.807) is 48.5 Å². The molecule has 2 aromatic carbocycles. The van der Waals surface area contributed by atoms with Crippen LogP contribution in [-0.4, -0.2) is 34.1 Å². The Morgan fingerprint density at radius 2 is 1.69 bits per heavy atom. The van der Waals surface area contributed by atoms with Gasteiger partial charge in [0.15, 0.2) is 11.5 Å². The molecule has 0 saturated heterocycles. The second kappa shape index (κ2) is 9.78. The third kappa shape index (κ3) is 6.04. The van der Waals surface area contributed by atoms with E-state index in [2.05, 4.69) is 20.6 Å². The molecule has 0 unspecified atom stereocenters. The third-order valence-corrected chi connectivity index (χ3v) is 4.94. The number of hydrogen-bond donors (Lipinski definition) is 3. The summed E-state index contributed by atoms with van der Waals surface area (Å²) in [6.45, 7) is 6.46. The summed E-state index contributed by atoms with van der Waals surface area (Å²) >= 11 is 6.09. The van der Waals surface area contributed by atoms with Crippen LogP contribution in [0.4, 0.5) is 5.69 Å². The number of amides is 2. The van der Waals surface area contributed by atoms with E-state index in [-0.39, 0.29) is 29.0 Å². The van der Waals surface area contributed by atoms with E-state index < -0.39 is 11.8 Å². The van der Waals surface area contributed by atoms with Gasteiger partial charge in [-0.3, -0.25) is 14.4 Å². The minimum absolute atomic E-state index is 0.00869. The van der Waals surface area contributed by atoms with Crippen LogP contribution in [0, 0.1) is 5.41 Å². The van der Waals surface area contributed by atoms with Crippen LogP contribution in [0.3, 0.4) is 0 Å². The minimum Gasteiger partial charge on any atom is -0.350 e. The Hall–Kier alpha value is -3.45. The number of Topliss-reactive ketones (excluding diaryl/α,β-unsaturated/α-hetero) is 1. The molecule has 8 heteroatoms. The minimum atomic E-state index is -0.507. The lowest BCUT2D eigenvalue weighted by Crippen LogP contribution is -2.33. The number of aromatic nitrogens is 2. The second-order valence-corrected chi connectivity index (χ2v) is 9.01. The van der Waals surface area contributed by atoms with Crippen molar-refractivity contribution in [2.75, 3.05) is 11.9 Å². The molecule has 0 fully saturated rings. The number of carbonyl (C=O) groups is 3. The van der Waals surface area contributed by atoms with Gasteiger partial charge in [-0.1, -0.05) is 56.6 Å². The molecule has 3 rings (SSSR count). The van der Waals surface area contributed by atoms with Crippen LogP contribution in [0.15, 0.2) is 54.9 Å². The summed E-state index contributed by atoms with van der Waals surface area (Å²) in [6, 6.07) is 13.8. The zero-order valence-electron chi connectivity index (χ0n) is 18.2. The van der Waals surface area contributed by atoms with Gasteiger partial charge in [0.1, 0.15) is 5.69 Å². The Morgan fingerprint density at radius 1 is 1.00 bits per heavy atom. The number of aromatic amines is 1. The molecule has 0 saturated carbocycles. The summed E-state index contributed by atoms with van der Waals surface area (Å²) in [5.74, 6) is -0.988. The lowest BCUT2D eigenvalue weighted by molar-refractivity contribution is 0.0922. The molecule has 1 heterocycles. The van der Waals surface area contributed by atoms with Gasteiger partial charge in [0, 0.05) is 24.2 Å². The van der Waals surface area contributed by atoms with Crippen molar-refractivity contribution in [3.63, 3.8) is 0 Å². The van der Waals surface area contributed by atoms with Gasteiger partial charge in [0.05, 0.1) is 11.3 Å². The average molecular weight is 453 g/mol. The van der Waals surface area contributed by atoms with E-state index in [1.165, 1.54) is 6.33 Å². The van der Waals surface area contributed by atoms with Crippen molar-refractivity contribution in [3.05, 3.63) is 82.4 Å². The molecule has 3 N–H and O–H groups in total. The van der Waals surface area contributed by atoms with Gasteiger partial charge in [-0.05, 0) is 35.2 Å². The number of nitrogens with one attached hydrogen (secondary N) is 3. The topological polar surface area (TPSA) is 104 Å². The molecular formula is C24H25ClN4O3. The quantitative estimate of drug-likeness (QED) is 0.458. The highest BCUT2D eigenvalue weighted by atomic mass is 35.5. The number of H-pyrrole nitrogens is 1. The molecule has 0 spiro atoms. The molecule has 1 aromatic heterocycles. The first-order valence-electron chi connectivity index (χ1n) is 10.1. The normalized spacial score (nSPS) is 11.1. The number of anilines is 1. The van der Waals surface area contributed by atoms with Gasteiger partial charge in [0.25, 0.3) is 11.8 Å². The highest BCUT2D eigenvalue weighted by Gasteiger charge is 2.22. The number of imidazole rings is 1. The molecule has 0 bridgehead atoms. The fourth-order valence-electron chi connectivity index (χ4n) is 2.94. The molecule has 0 atom stereocenters. The lowest BCUT2D eigenvalue weighted by atomic mass is 9.97. The maximum atomic E-state index is 12.6. The van der Waals surface area contributed by atoms with E-state index in [1.807, 2.05) is 20.8 Å². The number of carbonyl (C=O) groups excluding carboxylic acids is 3. The van der Waals surface area contributed by atoms with Crippen molar-refractivity contribution in [3.8, 4) is 0 Å². The van der Waals surface area contributed by atoms with Crippen LogP contribution in [-0.2, 0) is 6.42 Å². The molecular weight excluding hydrogens is 428 g/mol. The van der Waals surface area contributed by atoms with E-state index in [0.717, 1.165) is 5.56 Å². The molecule has 2 amide bonds. The highest BCUT2D eigenvalue weighted by Crippen LogP contribution is 2.19. The first kappa shape index (κ1) is 23.2. The Kier molecular flexibility index (Phi) is 7.10. The summed E-state index contributed by atoms with van der Waals surface area (Å²) in [5.41, 5.74) is 1.81. The highest BCUT2D eigenvalue weighted by molar-refractivity contribution is 6.34. The van der Waals surface area contributed by atoms with Gasteiger partial charge in [-0.2, -0.15) is 0 Å². The monoisotopic (exact) mass is 452 g/mol. The fraction of sp³-hybridized carbons (Fsp3) is 0.250. The van der Waals surface area contributed by atoms with Crippen molar-refractivity contribution in [1.29, 1.82) is 0 Å². The SMILES string of the molecule is CC(C)(C)CNC(=O)c1[nH]cnc1C(=O)Nc1ccc(CC(=O)c2ccccc2Cl)cc1. The number of ketones is 1. The van der Waals surface area contributed by atoms with Crippen molar-refractivity contribution < 1.29 is 14.4 Å². The first-order valence-corrected chi connectivity index (χ1v) is 10.5. The molecule has 3 aromatic rings. The van der Waals surface area contributed by atoms with Gasteiger partial charge >= 0.3 is 0 Å². The summed E-state index contributed by atoms with van der Waals surface area (Å²) in [6.07, 6.45) is 1.50. The van der Waals surface area contributed by atoms with Crippen molar-refractivity contribution in [2.45, 2.75) is 27.2 Å². The van der Waals surface area contributed by atoms with Crippen molar-refractivity contribution in [2.24, 2.45) is 5.41 Å². The van der Waals surface area contributed by atoms with E-state index >= 15 is 0 Å². The number of hydrogen-bond acceptors (Lipinski definition) is 4. The van der Waals surface area contributed by atoms with Gasteiger partial charge in [0.2, 0.25) is 0 Å². The zero-order chi connectivity index (χ0) is 23.3. The predicted molar refractivity (Wildman–Crippen MR) is 124 cm³/mol. The Balaban J connectivity index is 1.63. The summed E-state index contributed by atoms with van der Waals surface area (Å²) in [4.78, 5) is 44.2. The molecule has 0 aliphatic carbocycles. The Morgan fingerprint density at radius 3 is 2.34 bits per heavy atom. The standard InChI is InChI=1S/C24H25ClN4O3/c1-24(2,3)13-26-22(31)20-21(28-14-27-20)23(32)29-16-10-8-15(9-11-16)12-19(30)17-6-4-5-7-18(17)25/h4-11,14H,12-13H2,1-3H3,(H,26,31)(H,27,28)(H,29,32). The van der Waals surface area contributed by atoms with Crippen LogP contribution >= 0.6 is 11.6 Å². The first-order chi connectivity index (χ1) is 15.1. The molecule has 0 aliphatic rings. The van der Waals surface area contributed by atoms with Crippen LogP contribution in [0.5, 0.6) is 0 Å². The smallest absolute Gasteiger partial charge is 0.276 e. The average Bonchev–Trinajstić information content (AvgIpc) is 3.23. The summed E-state index contributed by atoms with van der Waals surface area (Å²) < 4.78 is 0. The van der Waals surface area contributed by atoms with Crippen LogP contribution in [0.2, 0.25) is 5.02 Å². The molecule has 0 aliphatic heterocycles. The molecule has 0 radical (unpaired) electrons. The van der Waals surface area contributed by atoms with E-state index in [9.17, 15) is 14.4 Å². The summed E-state index contributed by atoms with van der Waals surface area (Å²) in [5, 5.41) is 5.94. The maximum Gasteiger partial charge on any atom is 0.276 e. The molecule has 166 valence electrons. The van der Waals surface area contributed by atoms with Crippen LogP contribution in [0.1, 0.15) is 57.7 Å². The fourth-order valence-corrected chi connectivity index (χ4v) is 3.18. The second-order valence-electron chi connectivity index (χ2n) is 8.60. The van der Waals surface area contributed by atoms with Gasteiger partial charge in [-0.25, -0.2) is 4.98 Å². The third-order valence-electron chi connectivity index (χ3n) is 4.61. The largest absolute Gasteiger partial charge is 0.350 e. The maximum absolute atomic E-state index is 12.6. The van der Waals surface area contributed by atoms with E-state index in [4.69, 9.17) is 11.6 Å². The lowest BCUT2D eigenvalue weighted by Gasteiger charge is -2.18. The van der Waals surface area contributed by atoms with Crippen LogP contribution in [0.25, 0.3) is 0 Å². The Labute approximate surface area is 191 Å². The number of nitrogens with zero attached hydrogens (tertiary/aromatic N) is 1.